The average Bonchev–Trinajstić information content (AvgIpc) is 2.27. The lowest BCUT2D eigenvalue weighted by Crippen LogP contribution is -2.37. The SMILES string of the molecule is CCOC1CCN(CCCCC(=N)N)CC1. The summed E-state index contributed by atoms with van der Waals surface area (Å²) in [6.07, 6.45) is 5.76. The maximum Gasteiger partial charge on any atom is 0.0905 e. The highest BCUT2D eigenvalue weighted by atomic mass is 16.5. The van der Waals surface area contributed by atoms with Gasteiger partial charge in [-0.1, -0.05) is 0 Å². The normalized spacial score (nSPS) is 18.8. The first kappa shape index (κ1) is 13.5. The van der Waals surface area contributed by atoms with Gasteiger partial charge in [0.05, 0.1) is 11.9 Å². The molecule has 4 nitrogen and oxygen atoms in total. The number of rotatable bonds is 7. The molecule has 0 unspecified atom stereocenters. The van der Waals surface area contributed by atoms with Crippen LogP contribution in [0.4, 0.5) is 0 Å². The molecule has 1 aliphatic heterocycles. The van der Waals surface area contributed by atoms with Gasteiger partial charge in [0.15, 0.2) is 0 Å². The van der Waals surface area contributed by atoms with Crippen LogP contribution in [0.1, 0.15) is 39.0 Å². The quantitative estimate of drug-likeness (QED) is 0.394. The average molecular weight is 227 g/mol. The molecule has 0 spiro atoms. The first-order valence-corrected chi connectivity index (χ1v) is 6.39. The van der Waals surface area contributed by atoms with Gasteiger partial charge in [0.1, 0.15) is 0 Å². The molecule has 0 aromatic carbocycles. The van der Waals surface area contributed by atoms with Crippen molar-refractivity contribution in [1.82, 2.24) is 4.90 Å². The van der Waals surface area contributed by atoms with Gasteiger partial charge >= 0.3 is 0 Å². The zero-order chi connectivity index (χ0) is 11.8. The van der Waals surface area contributed by atoms with E-state index in [1.165, 1.54) is 12.8 Å². The first-order valence-electron chi connectivity index (χ1n) is 6.39. The number of nitrogens with one attached hydrogen (secondary N) is 1. The van der Waals surface area contributed by atoms with E-state index in [0.717, 1.165) is 45.5 Å². The van der Waals surface area contributed by atoms with Crippen LogP contribution in [0, 0.1) is 5.41 Å². The summed E-state index contributed by atoms with van der Waals surface area (Å²) in [6, 6.07) is 0. The zero-order valence-electron chi connectivity index (χ0n) is 10.4. The molecule has 0 aromatic rings. The van der Waals surface area contributed by atoms with E-state index in [0.29, 0.717) is 11.9 Å². The van der Waals surface area contributed by atoms with Crippen molar-refractivity contribution in [1.29, 1.82) is 5.41 Å². The molecule has 1 rings (SSSR count). The molecule has 0 aliphatic carbocycles. The molecule has 0 saturated carbocycles. The van der Waals surface area contributed by atoms with Crippen molar-refractivity contribution in [2.75, 3.05) is 26.2 Å². The van der Waals surface area contributed by atoms with Crippen molar-refractivity contribution in [3.8, 4) is 0 Å². The number of unbranched alkanes of at least 4 members (excludes halogenated alkanes) is 1. The summed E-state index contributed by atoms with van der Waals surface area (Å²) in [6.45, 7) is 6.36. The summed E-state index contributed by atoms with van der Waals surface area (Å²) in [4.78, 5) is 2.50. The Morgan fingerprint density at radius 3 is 2.62 bits per heavy atom. The molecular weight excluding hydrogens is 202 g/mol. The van der Waals surface area contributed by atoms with Crippen LogP contribution in [-0.2, 0) is 4.74 Å². The van der Waals surface area contributed by atoms with Crippen molar-refractivity contribution in [2.24, 2.45) is 5.73 Å². The predicted octanol–water partition coefficient (Wildman–Crippen LogP) is 1.59. The third-order valence-electron chi connectivity index (χ3n) is 3.11. The fourth-order valence-electron chi connectivity index (χ4n) is 2.19. The molecule has 0 aromatic heterocycles. The van der Waals surface area contributed by atoms with Crippen LogP contribution in [0.5, 0.6) is 0 Å². The fraction of sp³-hybridized carbons (Fsp3) is 0.917. The Morgan fingerprint density at radius 2 is 2.06 bits per heavy atom. The van der Waals surface area contributed by atoms with Crippen molar-refractivity contribution in [2.45, 2.75) is 45.1 Å². The van der Waals surface area contributed by atoms with Gasteiger partial charge in [0.25, 0.3) is 0 Å². The van der Waals surface area contributed by atoms with Crippen LogP contribution in [0.2, 0.25) is 0 Å². The number of amidine groups is 1. The Labute approximate surface area is 98.6 Å². The van der Waals surface area contributed by atoms with Crippen LogP contribution < -0.4 is 5.73 Å². The van der Waals surface area contributed by atoms with E-state index >= 15 is 0 Å². The Kier molecular flexibility index (Phi) is 6.42. The molecule has 4 heteroatoms. The monoisotopic (exact) mass is 227 g/mol. The van der Waals surface area contributed by atoms with Gasteiger partial charge in [0, 0.05) is 26.1 Å². The molecule has 3 N–H and O–H groups in total. The predicted molar refractivity (Wildman–Crippen MR) is 66.9 cm³/mol. The molecule has 0 bridgehead atoms. The summed E-state index contributed by atoms with van der Waals surface area (Å²) in [5.74, 6) is 0.315. The van der Waals surface area contributed by atoms with E-state index in [-0.39, 0.29) is 0 Å². The standard InChI is InChI=1S/C12H25N3O/c1-2-16-11-6-9-15(10-7-11)8-4-3-5-12(13)14/h11H,2-10H2,1H3,(H3,13,14). The second-order valence-corrected chi connectivity index (χ2v) is 4.48. The Morgan fingerprint density at radius 1 is 1.38 bits per heavy atom. The number of nitrogens with two attached hydrogens (primary N) is 1. The second kappa shape index (κ2) is 7.63. The fourth-order valence-corrected chi connectivity index (χ4v) is 2.19. The lowest BCUT2D eigenvalue weighted by molar-refractivity contribution is 0.0140. The van der Waals surface area contributed by atoms with Crippen molar-refractivity contribution in [3.63, 3.8) is 0 Å². The lowest BCUT2D eigenvalue weighted by Gasteiger charge is -2.31. The van der Waals surface area contributed by atoms with Gasteiger partial charge in [-0.3, -0.25) is 5.41 Å². The van der Waals surface area contributed by atoms with E-state index in [4.69, 9.17) is 15.9 Å². The molecule has 0 atom stereocenters. The lowest BCUT2D eigenvalue weighted by atomic mass is 10.1. The minimum Gasteiger partial charge on any atom is -0.388 e. The highest BCUT2D eigenvalue weighted by Gasteiger charge is 2.18. The summed E-state index contributed by atoms with van der Waals surface area (Å²) >= 11 is 0. The minimum absolute atomic E-state index is 0.315. The summed E-state index contributed by atoms with van der Waals surface area (Å²) < 4.78 is 5.62. The maximum absolute atomic E-state index is 7.14. The highest BCUT2D eigenvalue weighted by molar-refractivity contribution is 5.76. The second-order valence-electron chi connectivity index (χ2n) is 4.48. The molecule has 0 radical (unpaired) electrons. The van der Waals surface area contributed by atoms with Crippen LogP contribution in [0.15, 0.2) is 0 Å². The number of hydrogen-bond acceptors (Lipinski definition) is 3. The third-order valence-corrected chi connectivity index (χ3v) is 3.11. The summed E-state index contributed by atoms with van der Waals surface area (Å²) in [5, 5.41) is 7.14. The molecule has 1 saturated heterocycles. The van der Waals surface area contributed by atoms with Gasteiger partial charge in [-0.05, 0) is 39.2 Å². The van der Waals surface area contributed by atoms with E-state index in [1.54, 1.807) is 0 Å². The Balaban J connectivity index is 2.01. The molecule has 1 aliphatic rings. The molecule has 16 heavy (non-hydrogen) atoms. The van der Waals surface area contributed by atoms with Crippen LogP contribution in [-0.4, -0.2) is 43.1 Å². The molecule has 94 valence electrons. The van der Waals surface area contributed by atoms with E-state index in [9.17, 15) is 0 Å². The van der Waals surface area contributed by atoms with E-state index < -0.39 is 0 Å². The highest BCUT2D eigenvalue weighted by Crippen LogP contribution is 2.14. The molecule has 0 amide bonds. The van der Waals surface area contributed by atoms with Crippen molar-refractivity contribution in [3.05, 3.63) is 0 Å². The van der Waals surface area contributed by atoms with E-state index in [2.05, 4.69) is 11.8 Å². The third kappa shape index (κ3) is 5.47. The topological polar surface area (TPSA) is 62.3 Å². The number of piperidine rings is 1. The summed E-state index contributed by atoms with van der Waals surface area (Å²) in [7, 11) is 0. The van der Waals surface area contributed by atoms with Crippen LogP contribution >= 0.6 is 0 Å². The number of nitrogens with zero attached hydrogens (tertiary/aromatic N) is 1. The van der Waals surface area contributed by atoms with Crippen molar-refractivity contribution >= 4 is 5.84 Å². The Bertz CT molecular complexity index is 200. The van der Waals surface area contributed by atoms with Crippen LogP contribution in [0.25, 0.3) is 0 Å². The minimum atomic E-state index is 0.315. The van der Waals surface area contributed by atoms with Gasteiger partial charge in [-0.15, -0.1) is 0 Å². The van der Waals surface area contributed by atoms with Gasteiger partial charge in [0.2, 0.25) is 0 Å². The number of likely N-dealkylation sites (tertiary alicyclic amines) is 1. The summed E-state index contributed by atoms with van der Waals surface area (Å²) in [5.41, 5.74) is 5.32. The van der Waals surface area contributed by atoms with Gasteiger partial charge in [-0.2, -0.15) is 0 Å². The van der Waals surface area contributed by atoms with Gasteiger partial charge < -0.3 is 15.4 Å². The van der Waals surface area contributed by atoms with Gasteiger partial charge in [-0.25, -0.2) is 0 Å². The first-order chi connectivity index (χ1) is 7.72. The molecular formula is C12H25N3O. The Hall–Kier alpha value is -0.610. The van der Waals surface area contributed by atoms with Crippen LogP contribution in [0.3, 0.4) is 0 Å². The van der Waals surface area contributed by atoms with Crippen molar-refractivity contribution < 1.29 is 4.74 Å². The molecule has 1 heterocycles. The van der Waals surface area contributed by atoms with E-state index in [1.807, 2.05) is 0 Å². The smallest absolute Gasteiger partial charge is 0.0905 e. The largest absolute Gasteiger partial charge is 0.388 e. The number of hydrogen-bond donors (Lipinski definition) is 2. The molecule has 1 fully saturated rings. The number of ether oxygens (including phenoxy) is 1. The zero-order valence-corrected chi connectivity index (χ0v) is 10.4. The maximum atomic E-state index is 7.14.